The standard InChI is InChI=1S/C35H54O9.H2/c1-18(36)42-30(32(4,5)40)23-9-7-20-29(43-23)28(39)27-19-8-10-24-31(2,3)25(44-26-15-21(37)22(38)16-41-26)11-12-35(24)17-34(19,35)14-13-33(20,27)6;/h19-27,29-30,37-38,40H,7-17H2,1-6H3;1H/t19?,20?,21-,22?,23?,24?,25+,26?,27?,29?,30+,33-,34+,35-;/m1./s1. The van der Waals surface area contributed by atoms with Gasteiger partial charge in [0.2, 0.25) is 0 Å². The summed E-state index contributed by atoms with van der Waals surface area (Å²) in [6.45, 7) is 11.8. The molecule has 2 aliphatic heterocycles. The first-order valence-electron chi connectivity index (χ1n) is 17.3. The van der Waals surface area contributed by atoms with Gasteiger partial charge < -0.3 is 34.3 Å². The maximum atomic E-state index is 14.5. The second-order valence-corrected chi connectivity index (χ2v) is 17.2. The fraction of sp³-hybridized carbons (Fsp3) is 0.943. The summed E-state index contributed by atoms with van der Waals surface area (Å²) in [4.78, 5) is 26.4. The van der Waals surface area contributed by atoms with E-state index in [-0.39, 0.29) is 53.4 Å². The third-order valence-corrected chi connectivity index (χ3v) is 14.3. The molecule has 0 aromatic rings. The Hall–Kier alpha value is -1.10. The first-order valence-corrected chi connectivity index (χ1v) is 17.3. The molecule has 2 spiro atoms. The number of carbonyl (C=O) groups excluding carboxylic acids is 2. The average molecular weight is 621 g/mol. The summed E-state index contributed by atoms with van der Waals surface area (Å²) in [6.07, 6.45) is 5.40. The summed E-state index contributed by atoms with van der Waals surface area (Å²) in [5.74, 6) is 0.804. The number of carbonyl (C=O) groups is 2. The minimum Gasteiger partial charge on any atom is -0.457 e. The summed E-state index contributed by atoms with van der Waals surface area (Å²) in [6, 6.07) is 0. The van der Waals surface area contributed by atoms with Gasteiger partial charge in [-0.1, -0.05) is 20.8 Å². The lowest BCUT2D eigenvalue weighted by atomic mass is 9.46. The summed E-state index contributed by atoms with van der Waals surface area (Å²) < 4.78 is 24.5. The first kappa shape index (κ1) is 31.5. The highest BCUT2D eigenvalue weighted by molar-refractivity contribution is 5.90. The van der Waals surface area contributed by atoms with Crippen molar-refractivity contribution in [1.82, 2.24) is 0 Å². The first-order chi connectivity index (χ1) is 20.5. The van der Waals surface area contributed by atoms with Crippen LogP contribution in [-0.4, -0.2) is 82.2 Å². The largest absolute Gasteiger partial charge is 0.457 e. The molecule has 14 atom stereocenters. The molecule has 0 radical (unpaired) electrons. The van der Waals surface area contributed by atoms with Crippen molar-refractivity contribution in [2.24, 2.45) is 45.3 Å². The van der Waals surface area contributed by atoms with Crippen LogP contribution in [0.3, 0.4) is 0 Å². The minimum absolute atomic E-state index is 0. The summed E-state index contributed by atoms with van der Waals surface area (Å²) in [7, 11) is 0. The number of ketones is 1. The fourth-order valence-corrected chi connectivity index (χ4v) is 12.3. The van der Waals surface area contributed by atoms with E-state index in [0.29, 0.717) is 24.7 Å². The molecule has 8 unspecified atom stereocenters. The molecule has 0 aromatic carbocycles. The number of hydrogen-bond acceptors (Lipinski definition) is 9. The van der Waals surface area contributed by atoms with Crippen LogP contribution in [0, 0.1) is 45.3 Å². The number of ether oxygens (including phenoxy) is 4. The topological polar surface area (TPSA) is 132 Å². The van der Waals surface area contributed by atoms with E-state index in [0.717, 1.165) is 44.9 Å². The number of esters is 1. The van der Waals surface area contributed by atoms with Crippen molar-refractivity contribution in [3.8, 4) is 0 Å². The van der Waals surface area contributed by atoms with E-state index in [4.69, 9.17) is 18.9 Å². The summed E-state index contributed by atoms with van der Waals surface area (Å²) in [5, 5.41) is 30.9. The zero-order chi connectivity index (χ0) is 31.6. The second kappa shape index (κ2) is 10.2. The molecule has 3 N–H and O–H groups in total. The normalized spacial score (nSPS) is 51.6. The molecule has 0 aromatic heterocycles. The van der Waals surface area contributed by atoms with E-state index in [1.165, 1.54) is 13.3 Å². The molecule has 9 nitrogen and oxygen atoms in total. The van der Waals surface area contributed by atoms with Crippen molar-refractivity contribution in [3.05, 3.63) is 0 Å². The van der Waals surface area contributed by atoms with E-state index in [1.807, 2.05) is 0 Å². The predicted octanol–water partition coefficient (Wildman–Crippen LogP) is 4.17. The number of rotatable bonds is 5. The Morgan fingerprint density at radius 2 is 1.73 bits per heavy atom. The zero-order valence-electron chi connectivity index (χ0n) is 27.4. The Morgan fingerprint density at radius 3 is 2.41 bits per heavy atom. The molecule has 2 heterocycles. The molecule has 9 heteroatoms. The molecule has 2 saturated heterocycles. The van der Waals surface area contributed by atoms with Crippen molar-refractivity contribution in [1.29, 1.82) is 0 Å². The van der Waals surface area contributed by atoms with Crippen molar-refractivity contribution in [2.45, 2.75) is 154 Å². The highest BCUT2D eigenvalue weighted by Gasteiger charge is 2.82. The lowest BCUT2D eigenvalue weighted by Crippen LogP contribution is -2.56. The van der Waals surface area contributed by atoms with Crippen LogP contribution in [0.1, 0.15) is 107 Å². The zero-order valence-corrected chi connectivity index (χ0v) is 27.4. The van der Waals surface area contributed by atoms with Gasteiger partial charge in [-0.15, -0.1) is 0 Å². The van der Waals surface area contributed by atoms with Crippen molar-refractivity contribution in [2.75, 3.05) is 6.61 Å². The van der Waals surface area contributed by atoms with Crippen LogP contribution in [0.5, 0.6) is 0 Å². The van der Waals surface area contributed by atoms with Crippen LogP contribution in [0.4, 0.5) is 0 Å². The summed E-state index contributed by atoms with van der Waals surface area (Å²) in [5.41, 5.74) is -0.999. The minimum atomic E-state index is -1.27. The molecule has 5 saturated carbocycles. The van der Waals surface area contributed by atoms with Crippen LogP contribution in [0.2, 0.25) is 0 Å². The van der Waals surface area contributed by atoms with Gasteiger partial charge in [-0.05, 0) is 111 Å². The molecule has 7 rings (SSSR count). The highest BCUT2D eigenvalue weighted by Crippen LogP contribution is 2.87. The van der Waals surface area contributed by atoms with Gasteiger partial charge in [-0.2, -0.15) is 0 Å². The lowest BCUT2D eigenvalue weighted by molar-refractivity contribution is -0.263. The molecule has 5 aliphatic carbocycles. The van der Waals surface area contributed by atoms with E-state index in [2.05, 4.69) is 20.8 Å². The monoisotopic (exact) mass is 620 g/mol. The predicted molar refractivity (Wildman–Crippen MR) is 161 cm³/mol. The van der Waals surface area contributed by atoms with E-state index in [1.54, 1.807) is 13.8 Å². The van der Waals surface area contributed by atoms with Gasteiger partial charge in [0.25, 0.3) is 0 Å². The molecule has 0 amide bonds. The number of hydrogen-bond donors (Lipinski definition) is 3. The van der Waals surface area contributed by atoms with Gasteiger partial charge in [-0.3, -0.25) is 9.59 Å². The maximum Gasteiger partial charge on any atom is 0.303 e. The quantitative estimate of drug-likeness (QED) is 0.306. The second-order valence-electron chi connectivity index (χ2n) is 17.2. The van der Waals surface area contributed by atoms with E-state index >= 15 is 0 Å². The van der Waals surface area contributed by atoms with Gasteiger partial charge in [0.15, 0.2) is 18.2 Å². The molecule has 7 fully saturated rings. The lowest BCUT2D eigenvalue weighted by Gasteiger charge is -2.59. The summed E-state index contributed by atoms with van der Waals surface area (Å²) >= 11 is 0. The van der Waals surface area contributed by atoms with Crippen molar-refractivity contribution in [3.63, 3.8) is 0 Å². The molecule has 250 valence electrons. The molecule has 0 bridgehead atoms. The Bertz CT molecular complexity index is 1190. The maximum absolute atomic E-state index is 14.5. The fourth-order valence-electron chi connectivity index (χ4n) is 12.3. The number of fused-ring (bicyclic) bond motifs is 4. The molecule has 44 heavy (non-hydrogen) atoms. The Balaban J connectivity index is 0.00000357. The van der Waals surface area contributed by atoms with Crippen LogP contribution >= 0.6 is 0 Å². The third-order valence-electron chi connectivity index (χ3n) is 14.3. The average Bonchev–Trinajstić information content (AvgIpc) is 3.55. The van der Waals surface area contributed by atoms with Gasteiger partial charge in [-0.25, -0.2) is 0 Å². The van der Waals surface area contributed by atoms with Gasteiger partial charge in [0.1, 0.15) is 12.2 Å². The van der Waals surface area contributed by atoms with Crippen molar-refractivity contribution >= 4 is 11.8 Å². The number of aliphatic hydroxyl groups is 3. The van der Waals surface area contributed by atoms with Gasteiger partial charge in [0, 0.05) is 20.7 Å². The number of Topliss-reactive ketones (excluding diaryl/α,β-unsaturated/α-hetero) is 1. The SMILES string of the molecule is CC(=O)O[C@@H](C1CCC2C(O1)C(=O)C1C3CCC4C(C)(C)[C@@H](OC5C[C@@H](O)C(O)CO5)CC[C@@]45C[C@@]35CC[C@]21C)C(C)(C)O.[HH]. The van der Waals surface area contributed by atoms with Gasteiger partial charge >= 0.3 is 5.97 Å². The van der Waals surface area contributed by atoms with Crippen LogP contribution in [-0.2, 0) is 28.5 Å². The molecule has 7 aliphatic rings. The van der Waals surface area contributed by atoms with Crippen LogP contribution in [0.25, 0.3) is 0 Å². The van der Waals surface area contributed by atoms with Gasteiger partial charge in [0.05, 0.1) is 30.5 Å². The Kier molecular flexibility index (Phi) is 7.30. The van der Waals surface area contributed by atoms with Crippen LogP contribution in [0.15, 0.2) is 0 Å². The molecular formula is C35H56O9. The van der Waals surface area contributed by atoms with Crippen molar-refractivity contribution < 1.29 is 45.3 Å². The smallest absolute Gasteiger partial charge is 0.303 e. The van der Waals surface area contributed by atoms with E-state index in [9.17, 15) is 24.9 Å². The third kappa shape index (κ3) is 4.38. The molecular weight excluding hydrogens is 564 g/mol. The Morgan fingerprint density at radius 1 is 1.00 bits per heavy atom. The van der Waals surface area contributed by atoms with Crippen LogP contribution < -0.4 is 0 Å². The number of aliphatic hydroxyl groups excluding tert-OH is 2. The van der Waals surface area contributed by atoms with E-state index < -0.39 is 48.4 Å². The highest BCUT2D eigenvalue weighted by atomic mass is 16.7. The Labute approximate surface area is 263 Å².